The Hall–Kier alpha value is -0.650. The quantitative estimate of drug-likeness (QED) is 0.908. The van der Waals surface area contributed by atoms with Crippen LogP contribution in [0.25, 0.3) is 0 Å². The van der Waals surface area contributed by atoms with Gasteiger partial charge in [0.1, 0.15) is 10.7 Å². The Morgan fingerprint density at radius 3 is 2.65 bits per heavy atom. The predicted octanol–water partition coefficient (Wildman–Crippen LogP) is 3.06. The number of nitrogens with two attached hydrogens (primary N) is 1. The normalized spacial score (nSPS) is 15.4. The van der Waals surface area contributed by atoms with E-state index < -0.39 is 0 Å². The Labute approximate surface area is 131 Å². The summed E-state index contributed by atoms with van der Waals surface area (Å²) in [4.78, 5) is 19.0. The lowest BCUT2D eigenvalue weighted by Crippen LogP contribution is -2.41. The van der Waals surface area contributed by atoms with Gasteiger partial charge in [0.2, 0.25) is 0 Å². The lowest BCUT2D eigenvalue weighted by Gasteiger charge is -2.30. The third-order valence-corrected chi connectivity index (χ3v) is 4.40. The molecule has 1 heterocycles. The molecule has 20 heavy (non-hydrogen) atoms. The van der Waals surface area contributed by atoms with Crippen molar-refractivity contribution in [2.24, 2.45) is 11.7 Å². The van der Waals surface area contributed by atoms with Crippen LogP contribution in [0.3, 0.4) is 0 Å². The Morgan fingerprint density at radius 2 is 2.15 bits per heavy atom. The van der Waals surface area contributed by atoms with Crippen molar-refractivity contribution in [1.29, 1.82) is 0 Å². The topological polar surface area (TPSA) is 59.2 Å². The van der Waals surface area contributed by atoms with Gasteiger partial charge in [-0.15, -0.1) is 23.7 Å². The predicted molar refractivity (Wildman–Crippen MR) is 85.4 cm³/mol. The summed E-state index contributed by atoms with van der Waals surface area (Å²) in [5.74, 6) is 0.564. The van der Waals surface area contributed by atoms with Crippen molar-refractivity contribution >= 4 is 29.7 Å². The number of halogens is 1. The van der Waals surface area contributed by atoms with Crippen LogP contribution in [-0.4, -0.2) is 28.4 Å². The van der Waals surface area contributed by atoms with Gasteiger partial charge in [-0.05, 0) is 18.8 Å². The zero-order valence-corrected chi connectivity index (χ0v) is 13.8. The highest BCUT2D eigenvalue weighted by atomic mass is 35.5. The summed E-state index contributed by atoms with van der Waals surface area (Å²) in [5, 5.41) is 2.67. The molecule has 0 aromatic carbocycles. The molecule has 1 saturated carbocycles. The zero-order chi connectivity index (χ0) is 13.8. The molecule has 1 aromatic heterocycles. The van der Waals surface area contributed by atoms with Crippen molar-refractivity contribution in [3.63, 3.8) is 0 Å². The Morgan fingerprint density at radius 1 is 1.50 bits per heavy atom. The smallest absolute Gasteiger partial charge is 0.273 e. The summed E-state index contributed by atoms with van der Waals surface area (Å²) in [6.45, 7) is 5.54. The number of amides is 1. The molecule has 0 saturated heterocycles. The average molecular weight is 318 g/mol. The van der Waals surface area contributed by atoms with E-state index in [9.17, 15) is 4.79 Å². The molecule has 2 N–H and O–H groups in total. The van der Waals surface area contributed by atoms with Gasteiger partial charge in [-0.3, -0.25) is 4.79 Å². The highest BCUT2D eigenvalue weighted by molar-refractivity contribution is 7.09. The third-order valence-electron chi connectivity index (χ3n) is 3.53. The van der Waals surface area contributed by atoms with Crippen LogP contribution in [0.2, 0.25) is 0 Å². The first kappa shape index (κ1) is 17.4. The second-order valence-electron chi connectivity index (χ2n) is 5.62. The van der Waals surface area contributed by atoms with Gasteiger partial charge in [-0.25, -0.2) is 4.98 Å². The van der Waals surface area contributed by atoms with Crippen molar-refractivity contribution in [1.82, 2.24) is 9.88 Å². The fourth-order valence-corrected chi connectivity index (χ4v) is 3.31. The second-order valence-corrected chi connectivity index (χ2v) is 6.56. The number of aromatic nitrogens is 1. The summed E-state index contributed by atoms with van der Waals surface area (Å²) in [6.07, 6.45) is 4.73. The third kappa shape index (κ3) is 4.17. The molecule has 0 aliphatic heterocycles. The molecule has 1 aromatic rings. The van der Waals surface area contributed by atoms with Gasteiger partial charge in [0, 0.05) is 24.5 Å². The van der Waals surface area contributed by atoms with Gasteiger partial charge in [0.05, 0.1) is 0 Å². The Bertz CT molecular complexity index is 430. The molecule has 0 radical (unpaired) electrons. The van der Waals surface area contributed by atoms with E-state index in [1.807, 2.05) is 10.3 Å². The summed E-state index contributed by atoms with van der Waals surface area (Å²) in [6, 6.07) is 0.401. The molecule has 2 rings (SSSR count). The Balaban J connectivity index is 0.00000200. The minimum absolute atomic E-state index is 0. The molecule has 0 bridgehead atoms. The van der Waals surface area contributed by atoms with Crippen LogP contribution in [0.1, 0.15) is 55.0 Å². The Kier molecular flexibility index (Phi) is 6.92. The minimum Gasteiger partial charge on any atom is -0.334 e. The van der Waals surface area contributed by atoms with Crippen LogP contribution in [0.15, 0.2) is 5.38 Å². The molecule has 1 fully saturated rings. The average Bonchev–Trinajstić information content (AvgIpc) is 3.05. The number of nitrogens with zero attached hydrogens (tertiary/aromatic N) is 2. The molecule has 4 nitrogen and oxygen atoms in total. The lowest BCUT2D eigenvalue weighted by molar-refractivity contribution is 0.0650. The standard InChI is InChI=1S/C14H23N3OS.ClH/c1-10(2)8-17(11-5-3-4-6-11)14(18)12-9-19-13(7-15)16-12;/h9-11H,3-8,15H2,1-2H3;1H. The summed E-state index contributed by atoms with van der Waals surface area (Å²) >= 11 is 1.47. The maximum Gasteiger partial charge on any atom is 0.273 e. The monoisotopic (exact) mass is 317 g/mol. The van der Waals surface area contributed by atoms with Gasteiger partial charge in [-0.1, -0.05) is 26.7 Å². The van der Waals surface area contributed by atoms with Crippen molar-refractivity contribution in [2.75, 3.05) is 6.54 Å². The van der Waals surface area contributed by atoms with Crippen LogP contribution >= 0.6 is 23.7 Å². The summed E-state index contributed by atoms with van der Waals surface area (Å²) in [5.41, 5.74) is 6.13. The van der Waals surface area contributed by atoms with Crippen LogP contribution in [0, 0.1) is 5.92 Å². The van der Waals surface area contributed by atoms with E-state index in [0.29, 0.717) is 24.2 Å². The maximum atomic E-state index is 12.6. The first-order valence-electron chi connectivity index (χ1n) is 7.07. The summed E-state index contributed by atoms with van der Waals surface area (Å²) in [7, 11) is 0. The van der Waals surface area contributed by atoms with Gasteiger partial charge < -0.3 is 10.6 Å². The van der Waals surface area contributed by atoms with E-state index >= 15 is 0 Å². The number of rotatable bonds is 5. The van der Waals surface area contributed by atoms with E-state index in [1.54, 1.807) is 0 Å². The van der Waals surface area contributed by atoms with Gasteiger partial charge in [-0.2, -0.15) is 0 Å². The van der Waals surface area contributed by atoms with Crippen molar-refractivity contribution in [3.8, 4) is 0 Å². The SMILES string of the molecule is CC(C)CN(C(=O)c1csc(CN)n1)C1CCCC1.Cl. The fraction of sp³-hybridized carbons (Fsp3) is 0.714. The lowest BCUT2D eigenvalue weighted by atomic mass is 10.1. The highest BCUT2D eigenvalue weighted by Gasteiger charge is 2.28. The van der Waals surface area contributed by atoms with E-state index in [-0.39, 0.29) is 18.3 Å². The van der Waals surface area contributed by atoms with Crippen LogP contribution in [-0.2, 0) is 6.54 Å². The van der Waals surface area contributed by atoms with E-state index in [1.165, 1.54) is 24.2 Å². The van der Waals surface area contributed by atoms with Crippen molar-refractivity contribution < 1.29 is 4.79 Å². The second kappa shape index (κ2) is 7.96. The van der Waals surface area contributed by atoms with Gasteiger partial charge >= 0.3 is 0 Å². The molecular weight excluding hydrogens is 294 g/mol. The van der Waals surface area contributed by atoms with Gasteiger partial charge in [0.25, 0.3) is 5.91 Å². The van der Waals surface area contributed by atoms with Gasteiger partial charge in [0.15, 0.2) is 0 Å². The zero-order valence-electron chi connectivity index (χ0n) is 12.2. The first-order chi connectivity index (χ1) is 9.11. The first-order valence-corrected chi connectivity index (χ1v) is 7.95. The molecule has 0 spiro atoms. The van der Waals surface area contributed by atoms with E-state index in [2.05, 4.69) is 18.8 Å². The number of thiazole rings is 1. The van der Waals surface area contributed by atoms with E-state index in [4.69, 9.17) is 5.73 Å². The maximum absolute atomic E-state index is 12.6. The molecule has 0 unspecified atom stereocenters. The highest BCUT2D eigenvalue weighted by Crippen LogP contribution is 2.26. The molecule has 114 valence electrons. The van der Waals surface area contributed by atoms with Crippen molar-refractivity contribution in [2.45, 2.75) is 52.1 Å². The van der Waals surface area contributed by atoms with Crippen molar-refractivity contribution in [3.05, 3.63) is 16.1 Å². The number of hydrogen-bond acceptors (Lipinski definition) is 4. The molecule has 1 aliphatic carbocycles. The molecular formula is C14H24ClN3OS. The van der Waals surface area contributed by atoms with Crippen LogP contribution in [0.4, 0.5) is 0 Å². The molecule has 1 amide bonds. The van der Waals surface area contributed by atoms with E-state index in [0.717, 1.165) is 24.4 Å². The van der Waals surface area contributed by atoms with Crippen LogP contribution < -0.4 is 5.73 Å². The number of carbonyl (C=O) groups excluding carboxylic acids is 1. The molecule has 0 atom stereocenters. The number of carbonyl (C=O) groups is 1. The number of hydrogen-bond donors (Lipinski definition) is 1. The fourth-order valence-electron chi connectivity index (χ4n) is 2.66. The minimum atomic E-state index is 0. The molecule has 1 aliphatic rings. The molecule has 6 heteroatoms. The largest absolute Gasteiger partial charge is 0.334 e. The van der Waals surface area contributed by atoms with Crippen LogP contribution in [0.5, 0.6) is 0 Å². The summed E-state index contributed by atoms with van der Waals surface area (Å²) < 4.78 is 0.